The molecule has 0 saturated carbocycles. The van der Waals surface area contributed by atoms with Crippen LogP contribution in [0.1, 0.15) is 35.9 Å². The summed E-state index contributed by atoms with van der Waals surface area (Å²) in [6, 6.07) is 9.73. The van der Waals surface area contributed by atoms with E-state index in [1.54, 1.807) is 6.92 Å². The van der Waals surface area contributed by atoms with Gasteiger partial charge >= 0.3 is 5.97 Å². The maximum Gasteiger partial charge on any atom is 0.317 e. The van der Waals surface area contributed by atoms with Crippen LogP contribution in [0.3, 0.4) is 0 Å². The molecule has 0 radical (unpaired) electrons. The molecule has 0 atom stereocenters. The molecule has 0 aliphatic carbocycles. The van der Waals surface area contributed by atoms with Crippen molar-refractivity contribution in [1.82, 2.24) is 15.0 Å². The Morgan fingerprint density at radius 2 is 1.93 bits per heavy atom. The minimum absolute atomic E-state index is 0.0397. The second-order valence-electron chi connectivity index (χ2n) is 6.81. The Kier molecular flexibility index (Phi) is 5.91. The number of piperidine rings is 1. The molecule has 1 aromatic heterocycles. The third kappa shape index (κ3) is 4.19. The first-order chi connectivity index (χ1) is 13.0. The van der Waals surface area contributed by atoms with Gasteiger partial charge in [0.05, 0.1) is 6.54 Å². The standard InChI is InChI=1S/C20H25N3O4/c1-3-22(13-17(24)25)16-9-11-23(12-10-16)20(26)18-14(2)27-21-19(18)15-7-5-4-6-8-15/h4-8,16H,3,9-13H2,1-2H3,(H,24,25). The monoisotopic (exact) mass is 371 g/mol. The van der Waals surface area contributed by atoms with Gasteiger partial charge in [-0.25, -0.2) is 0 Å². The van der Waals surface area contributed by atoms with E-state index in [0.29, 0.717) is 36.7 Å². The van der Waals surface area contributed by atoms with Crippen molar-refractivity contribution in [2.75, 3.05) is 26.2 Å². The van der Waals surface area contributed by atoms with Gasteiger partial charge in [0.1, 0.15) is 17.0 Å². The molecule has 1 N–H and O–H groups in total. The average Bonchev–Trinajstić information content (AvgIpc) is 3.07. The number of amides is 1. The highest BCUT2D eigenvalue weighted by molar-refractivity contribution is 6.00. The highest BCUT2D eigenvalue weighted by Crippen LogP contribution is 2.27. The number of benzene rings is 1. The van der Waals surface area contributed by atoms with Crippen molar-refractivity contribution in [2.45, 2.75) is 32.7 Å². The number of likely N-dealkylation sites (tertiary alicyclic amines) is 1. The van der Waals surface area contributed by atoms with Crippen LogP contribution in [0.5, 0.6) is 0 Å². The molecular weight excluding hydrogens is 346 g/mol. The zero-order valence-corrected chi connectivity index (χ0v) is 15.7. The lowest BCUT2D eigenvalue weighted by atomic mass is 10.0. The highest BCUT2D eigenvalue weighted by atomic mass is 16.5. The van der Waals surface area contributed by atoms with Crippen molar-refractivity contribution in [2.24, 2.45) is 0 Å². The van der Waals surface area contributed by atoms with Crippen LogP contribution < -0.4 is 0 Å². The highest BCUT2D eigenvalue weighted by Gasteiger charge is 2.31. The minimum atomic E-state index is -0.817. The summed E-state index contributed by atoms with van der Waals surface area (Å²) in [6.07, 6.45) is 1.52. The van der Waals surface area contributed by atoms with E-state index >= 15 is 0 Å². The number of carboxylic acid groups (broad SMARTS) is 1. The molecule has 2 heterocycles. The van der Waals surface area contributed by atoms with Crippen LogP contribution in [0, 0.1) is 6.92 Å². The number of rotatable bonds is 6. The molecule has 1 amide bonds. The average molecular weight is 371 g/mol. The second kappa shape index (κ2) is 8.35. The summed E-state index contributed by atoms with van der Waals surface area (Å²) >= 11 is 0. The number of carbonyl (C=O) groups excluding carboxylic acids is 1. The van der Waals surface area contributed by atoms with E-state index in [1.165, 1.54) is 0 Å². The number of carboxylic acids is 1. The van der Waals surface area contributed by atoms with Gasteiger partial charge in [-0.3, -0.25) is 14.5 Å². The Balaban J connectivity index is 1.72. The van der Waals surface area contributed by atoms with Crippen LogP contribution in [-0.4, -0.2) is 64.2 Å². The molecule has 2 aromatic rings. The van der Waals surface area contributed by atoms with E-state index < -0.39 is 5.97 Å². The number of carbonyl (C=O) groups is 2. The molecule has 144 valence electrons. The van der Waals surface area contributed by atoms with Gasteiger partial charge in [-0.2, -0.15) is 0 Å². The lowest BCUT2D eigenvalue weighted by molar-refractivity contribution is -0.139. The quantitative estimate of drug-likeness (QED) is 0.840. The third-order valence-corrected chi connectivity index (χ3v) is 5.14. The van der Waals surface area contributed by atoms with E-state index in [1.807, 2.05) is 47.1 Å². The first-order valence-corrected chi connectivity index (χ1v) is 9.28. The number of aryl methyl sites for hydroxylation is 1. The van der Waals surface area contributed by atoms with Crippen LogP contribution in [0.2, 0.25) is 0 Å². The summed E-state index contributed by atoms with van der Waals surface area (Å²) in [5, 5.41) is 13.2. The smallest absolute Gasteiger partial charge is 0.317 e. The van der Waals surface area contributed by atoms with E-state index in [2.05, 4.69) is 5.16 Å². The molecule has 1 aliphatic rings. The zero-order valence-electron chi connectivity index (χ0n) is 15.7. The van der Waals surface area contributed by atoms with Crippen molar-refractivity contribution < 1.29 is 19.2 Å². The minimum Gasteiger partial charge on any atom is -0.480 e. The molecule has 0 spiro atoms. The number of hydrogen-bond donors (Lipinski definition) is 1. The Hall–Kier alpha value is -2.67. The molecular formula is C20H25N3O4. The van der Waals surface area contributed by atoms with Gasteiger partial charge < -0.3 is 14.5 Å². The number of hydrogen-bond acceptors (Lipinski definition) is 5. The van der Waals surface area contributed by atoms with Crippen molar-refractivity contribution >= 4 is 11.9 Å². The van der Waals surface area contributed by atoms with Crippen molar-refractivity contribution in [3.8, 4) is 11.3 Å². The molecule has 1 saturated heterocycles. The van der Waals surface area contributed by atoms with Gasteiger partial charge in [0.2, 0.25) is 0 Å². The Morgan fingerprint density at radius 3 is 2.52 bits per heavy atom. The van der Waals surface area contributed by atoms with Gasteiger partial charge in [-0.05, 0) is 26.3 Å². The summed E-state index contributed by atoms with van der Waals surface area (Å²) in [4.78, 5) is 27.9. The molecule has 1 aromatic carbocycles. The molecule has 0 bridgehead atoms. The fraction of sp³-hybridized carbons (Fsp3) is 0.450. The molecule has 0 unspecified atom stereocenters. The number of likely N-dealkylation sites (N-methyl/N-ethyl adjacent to an activating group) is 1. The Labute approximate surface area is 158 Å². The van der Waals surface area contributed by atoms with E-state index in [4.69, 9.17) is 9.63 Å². The fourth-order valence-electron chi connectivity index (χ4n) is 3.68. The van der Waals surface area contributed by atoms with Crippen LogP contribution in [0.25, 0.3) is 11.3 Å². The topological polar surface area (TPSA) is 86.9 Å². The summed E-state index contributed by atoms with van der Waals surface area (Å²) in [6.45, 7) is 5.64. The predicted octanol–water partition coefficient (Wildman–Crippen LogP) is 2.66. The lowest BCUT2D eigenvalue weighted by Gasteiger charge is -2.37. The number of aliphatic carboxylic acids is 1. The summed E-state index contributed by atoms with van der Waals surface area (Å²) in [7, 11) is 0. The molecule has 3 rings (SSSR count). The van der Waals surface area contributed by atoms with Crippen LogP contribution in [0.4, 0.5) is 0 Å². The summed E-state index contributed by atoms with van der Waals surface area (Å²) in [5.74, 6) is -0.377. The molecule has 1 fully saturated rings. The van der Waals surface area contributed by atoms with Gasteiger partial charge in [0.15, 0.2) is 0 Å². The molecule has 7 nitrogen and oxygen atoms in total. The van der Waals surface area contributed by atoms with Gasteiger partial charge in [0, 0.05) is 24.7 Å². The molecule has 1 aliphatic heterocycles. The Bertz CT molecular complexity index is 795. The largest absolute Gasteiger partial charge is 0.480 e. The third-order valence-electron chi connectivity index (χ3n) is 5.14. The zero-order chi connectivity index (χ0) is 19.4. The van der Waals surface area contributed by atoms with Gasteiger partial charge in [-0.15, -0.1) is 0 Å². The van der Waals surface area contributed by atoms with Crippen LogP contribution in [0.15, 0.2) is 34.9 Å². The van der Waals surface area contributed by atoms with Crippen LogP contribution >= 0.6 is 0 Å². The van der Waals surface area contributed by atoms with Gasteiger partial charge in [-0.1, -0.05) is 42.4 Å². The first kappa shape index (κ1) is 19.1. The second-order valence-corrected chi connectivity index (χ2v) is 6.81. The van der Waals surface area contributed by atoms with Crippen molar-refractivity contribution in [1.29, 1.82) is 0 Å². The van der Waals surface area contributed by atoms with E-state index in [0.717, 1.165) is 18.4 Å². The summed E-state index contributed by atoms with van der Waals surface area (Å²) in [5.41, 5.74) is 1.94. The van der Waals surface area contributed by atoms with Crippen molar-refractivity contribution in [3.63, 3.8) is 0 Å². The van der Waals surface area contributed by atoms with Crippen molar-refractivity contribution in [3.05, 3.63) is 41.7 Å². The first-order valence-electron chi connectivity index (χ1n) is 9.28. The van der Waals surface area contributed by atoms with Gasteiger partial charge in [0.25, 0.3) is 5.91 Å². The SMILES string of the molecule is CCN(CC(=O)O)C1CCN(C(=O)c2c(-c3ccccc3)noc2C)CC1. The normalized spacial score (nSPS) is 15.3. The van der Waals surface area contributed by atoms with Crippen LogP contribution in [-0.2, 0) is 4.79 Å². The molecule has 27 heavy (non-hydrogen) atoms. The lowest BCUT2D eigenvalue weighted by Crippen LogP contribution is -2.48. The summed E-state index contributed by atoms with van der Waals surface area (Å²) < 4.78 is 5.31. The maximum atomic E-state index is 13.1. The fourth-order valence-corrected chi connectivity index (χ4v) is 3.68. The Morgan fingerprint density at radius 1 is 1.26 bits per heavy atom. The maximum absolute atomic E-state index is 13.1. The number of aromatic nitrogens is 1. The number of nitrogens with zero attached hydrogens (tertiary/aromatic N) is 3. The molecule has 7 heteroatoms. The van der Waals surface area contributed by atoms with E-state index in [-0.39, 0.29) is 18.5 Å². The van der Waals surface area contributed by atoms with E-state index in [9.17, 15) is 9.59 Å². The predicted molar refractivity (Wildman–Crippen MR) is 100 cm³/mol.